The lowest BCUT2D eigenvalue weighted by atomic mass is 10.0. The largest absolute Gasteiger partial charge is 0.313 e. The van der Waals surface area contributed by atoms with Crippen molar-refractivity contribution in [3.8, 4) is 0 Å². The third-order valence-electron chi connectivity index (χ3n) is 2.46. The van der Waals surface area contributed by atoms with Gasteiger partial charge in [0.15, 0.2) is 6.79 Å². The SMILES string of the molecule is CC[C@H](NC1OCO1)c1ccccc1Cl. The van der Waals surface area contributed by atoms with Crippen LogP contribution in [0.3, 0.4) is 0 Å². The van der Waals surface area contributed by atoms with E-state index in [9.17, 15) is 0 Å². The van der Waals surface area contributed by atoms with E-state index < -0.39 is 0 Å². The van der Waals surface area contributed by atoms with Crippen LogP contribution >= 0.6 is 11.6 Å². The molecule has 1 aromatic carbocycles. The highest BCUT2D eigenvalue weighted by atomic mass is 35.5. The van der Waals surface area contributed by atoms with Gasteiger partial charge in [-0.2, -0.15) is 0 Å². The molecule has 1 N–H and O–H groups in total. The van der Waals surface area contributed by atoms with Crippen molar-refractivity contribution in [1.29, 1.82) is 0 Å². The maximum atomic E-state index is 6.12. The zero-order chi connectivity index (χ0) is 10.7. The van der Waals surface area contributed by atoms with Crippen molar-refractivity contribution >= 4 is 11.6 Å². The molecule has 0 saturated carbocycles. The minimum atomic E-state index is -0.286. The monoisotopic (exact) mass is 227 g/mol. The third kappa shape index (κ3) is 2.49. The van der Waals surface area contributed by atoms with Crippen LogP contribution in [-0.2, 0) is 9.47 Å². The summed E-state index contributed by atoms with van der Waals surface area (Å²) >= 11 is 6.12. The van der Waals surface area contributed by atoms with Gasteiger partial charge in [0.2, 0.25) is 6.41 Å². The first-order valence-corrected chi connectivity index (χ1v) is 5.42. The second kappa shape index (κ2) is 4.94. The predicted molar refractivity (Wildman–Crippen MR) is 58.4 cm³/mol. The van der Waals surface area contributed by atoms with E-state index in [-0.39, 0.29) is 12.5 Å². The summed E-state index contributed by atoms with van der Waals surface area (Å²) in [6, 6.07) is 7.98. The van der Waals surface area contributed by atoms with Crippen LogP contribution in [0.4, 0.5) is 0 Å². The van der Waals surface area contributed by atoms with Crippen molar-refractivity contribution in [1.82, 2.24) is 5.32 Å². The lowest BCUT2D eigenvalue weighted by Crippen LogP contribution is -2.45. The Labute approximate surface area is 94.3 Å². The molecular formula is C11H14ClNO2. The van der Waals surface area contributed by atoms with Crippen LogP contribution in [0.25, 0.3) is 0 Å². The van der Waals surface area contributed by atoms with Crippen molar-refractivity contribution in [3.63, 3.8) is 0 Å². The number of ether oxygens (including phenoxy) is 2. The molecule has 82 valence electrons. The second-order valence-corrected chi connectivity index (χ2v) is 3.84. The molecule has 1 aliphatic rings. The highest BCUT2D eigenvalue weighted by Gasteiger charge is 2.23. The molecule has 1 fully saturated rings. The Bertz CT molecular complexity index is 328. The average Bonchev–Trinajstić information content (AvgIpc) is 2.19. The smallest absolute Gasteiger partial charge is 0.220 e. The number of nitrogens with one attached hydrogen (secondary N) is 1. The fourth-order valence-electron chi connectivity index (χ4n) is 1.58. The Kier molecular flexibility index (Phi) is 3.59. The first kappa shape index (κ1) is 10.9. The van der Waals surface area contributed by atoms with E-state index in [0.717, 1.165) is 17.0 Å². The summed E-state index contributed by atoms with van der Waals surface area (Å²) in [5.41, 5.74) is 1.08. The van der Waals surface area contributed by atoms with Gasteiger partial charge < -0.3 is 9.47 Å². The van der Waals surface area contributed by atoms with E-state index in [1.807, 2.05) is 24.3 Å². The first-order chi connectivity index (χ1) is 7.31. The zero-order valence-electron chi connectivity index (χ0n) is 8.57. The van der Waals surface area contributed by atoms with E-state index in [1.54, 1.807) is 0 Å². The van der Waals surface area contributed by atoms with Crippen LogP contribution in [0.15, 0.2) is 24.3 Å². The summed E-state index contributed by atoms with van der Waals surface area (Å²) in [7, 11) is 0. The second-order valence-electron chi connectivity index (χ2n) is 3.43. The highest BCUT2D eigenvalue weighted by molar-refractivity contribution is 6.31. The van der Waals surface area contributed by atoms with E-state index >= 15 is 0 Å². The topological polar surface area (TPSA) is 30.5 Å². The molecule has 4 heteroatoms. The summed E-state index contributed by atoms with van der Waals surface area (Å²) in [5.74, 6) is 0. The Morgan fingerprint density at radius 3 is 2.73 bits per heavy atom. The molecule has 1 atom stereocenters. The van der Waals surface area contributed by atoms with Gasteiger partial charge >= 0.3 is 0 Å². The van der Waals surface area contributed by atoms with Gasteiger partial charge in [-0.15, -0.1) is 0 Å². The molecule has 0 amide bonds. The minimum absolute atomic E-state index is 0.170. The average molecular weight is 228 g/mol. The van der Waals surface area contributed by atoms with E-state index in [1.165, 1.54) is 0 Å². The standard InChI is InChI=1S/C11H14ClNO2/c1-2-10(13-11-14-7-15-11)8-5-3-4-6-9(8)12/h3-6,10-11,13H,2,7H2,1H3/t10-/m0/s1. The summed E-state index contributed by atoms with van der Waals surface area (Å²) in [5, 5.41) is 4.01. The number of hydrogen-bond acceptors (Lipinski definition) is 3. The lowest BCUT2D eigenvalue weighted by molar-refractivity contribution is -0.335. The summed E-state index contributed by atoms with van der Waals surface area (Å²) in [6.45, 7) is 2.47. The highest BCUT2D eigenvalue weighted by Crippen LogP contribution is 2.26. The molecule has 0 aliphatic carbocycles. The molecule has 0 unspecified atom stereocenters. The molecule has 0 radical (unpaired) electrons. The summed E-state index contributed by atoms with van der Waals surface area (Å²) < 4.78 is 10.3. The van der Waals surface area contributed by atoms with Crippen molar-refractivity contribution in [2.75, 3.05) is 6.79 Å². The van der Waals surface area contributed by atoms with E-state index in [2.05, 4.69) is 12.2 Å². The molecule has 2 rings (SSSR count). The van der Waals surface area contributed by atoms with Gasteiger partial charge in [-0.05, 0) is 18.1 Å². The molecular weight excluding hydrogens is 214 g/mol. The van der Waals surface area contributed by atoms with Crippen molar-refractivity contribution in [3.05, 3.63) is 34.9 Å². The maximum Gasteiger partial charge on any atom is 0.220 e. The Morgan fingerprint density at radius 2 is 2.20 bits per heavy atom. The Hall–Kier alpha value is -0.610. The molecule has 15 heavy (non-hydrogen) atoms. The Morgan fingerprint density at radius 1 is 1.47 bits per heavy atom. The van der Waals surface area contributed by atoms with E-state index in [4.69, 9.17) is 21.1 Å². The van der Waals surface area contributed by atoms with Crippen LogP contribution in [-0.4, -0.2) is 13.2 Å². The number of benzene rings is 1. The molecule has 0 aromatic heterocycles. The molecule has 1 saturated heterocycles. The van der Waals surface area contributed by atoms with Crippen LogP contribution < -0.4 is 5.32 Å². The molecule has 1 aromatic rings. The third-order valence-corrected chi connectivity index (χ3v) is 2.81. The van der Waals surface area contributed by atoms with Gasteiger partial charge in [0.1, 0.15) is 0 Å². The molecule has 3 nitrogen and oxygen atoms in total. The van der Waals surface area contributed by atoms with E-state index in [0.29, 0.717) is 6.79 Å². The fraction of sp³-hybridized carbons (Fsp3) is 0.455. The maximum absolute atomic E-state index is 6.12. The van der Waals surface area contributed by atoms with Gasteiger partial charge in [-0.25, -0.2) is 0 Å². The normalized spacial score (nSPS) is 18.5. The van der Waals surface area contributed by atoms with Gasteiger partial charge in [0.05, 0.1) is 0 Å². The van der Waals surface area contributed by atoms with Crippen molar-refractivity contribution in [2.24, 2.45) is 0 Å². The quantitative estimate of drug-likeness (QED) is 0.858. The lowest BCUT2D eigenvalue weighted by Gasteiger charge is -2.31. The van der Waals surface area contributed by atoms with Crippen LogP contribution in [0.5, 0.6) is 0 Å². The fourth-order valence-corrected chi connectivity index (χ4v) is 1.85. The van der Waals surface area contributed by atoms with Gasteiger partial charge in [0, 0.05) is 11.1 Å². The first-order valence-electron chi connectivity index (χ1n) is 5.05. The van der Waals surface area contributed by atoms with Crippen LogP contribution in [0.1, 0.15) is 24.9 Å². The van der Waals surface area contributed by atoms with Crippen molar-refractivity contribution < 1.29 is 9.47 Å². The minimum Gasteiger partial charge on any atom is -0.313 e. The van der Waals surface area contributed by atoms with Crippen LogP contribution in [0, 0.1) is 0 Å². The zero-order valence-corrected chi connectivity index (χ0v) is 9.33. The van der Waals surface area contributed by atoms with Gasteiger partial charge in [0.25, 0.3) is 0 Å². The predicted octanol–water partition coefficient (Wildman–Crippen LogP) is 2.67. The molecule has 1 aliphatic heterocycles. The number of hydrogen-bond donors (Lipinski definition) is 1. The Balaban J connectivity index is 2.07. The summed E-state index contributed by atoms with van der Waals surface area (Å²) in [4.78, 5) is 0. The molecule has 0 spiro atoms. The van der Waals surface area contributed by atoms with Gasteiger partial charge in [-0.1, -0.05) is 36.7 Å². The molecule has 0 bridgehead atoms. The van der Waals surface area contributed by atoms with Crippen LogP contribution in [0.2, 0.25) is 5.02 Å². The molecule has 1 heterocycles. The summed E-state index contributed by atoms with van der Waals surface area (Å²) in [6.07, 6.45) is 0.652. The number of rotatable bonds is 4. The number of halogens is 1. The van der Waals surface area contributed by atoms with Crippen molar-refractivity contribution in [2.45, 2.75) is 25.8 Å². The van der Waals surface area contributed by atoms with Gasteiger partial charge in [-0.3, -0.25) is 5.32 Å².